The third-order valence-electron chi connectivity index (χ3n) is 15.6. The van der Waals surface area contributed by atoms with E-state index in [9.17, 15) is 43.2 Å². The molecule has 0 atom stereocenters. The zero-order chi connectivity index (χ0) is 94.0. The molecular weight excluding hydrogens is 1340 g/mol. The van der Waals surface area contributed by atoms with Gasteiger partial charge in [-0.25, -0.2) is 29.0 Å². The molecule has 0 bridgehead atoms. The van der Waals surface area contributed by atoms with E-state index < -0.39 is 172 Å². The number of aromatic amines is 3. The topological polar surface area (TPSA) is 379 Å². The molecule has 0 aliphatic carbocycles. The molecule has 0 radical (unpaired) electrons. The van der Waals surface area contributed by atoms with Gasteiger partial charge < -0.3 is 58.6 Å². The molecule has 0 spiro atoms. The molecule has 12 heterocycles. The lowest BCUT2D eigenvalue weighted by Gasteiger charge is -2.34. The van der Waals surface area contributed by atoms with Crippen molar-refractivity contribution in [3.8, 4) is 34.7 Å². The van der Waals surface area contributed by atoms with Crippen LogP contribution in [0.25, 0.3) is 50.2 Å². The number of piperazine rings is 3. The van der Waals surface area contributed by atoms with E-state index in [-0.39, 0.29) is 116 Å². The number of fused-ring (bicyclic) bond motifs is 3. The number of carbonyl (C=O) groups excluding carboxylic acids is 9. The van der Waals surface area contributed by atoms with Crippen LogP contribution in [0.1, 0.15) is 106 Å². The molecule has 104 heavy (non-hydrogen) atoms. The summed E-state index contributed by atoms with van der Waals surface area (Å²) in [6.45, 7) is -27.9. The molecule has 3 aliphatic heterocycles. The van der Waals surface area contributed by atoms with E-state index in [0.717, 1.165) is 12.4 Å². The molecule has 3 aromatic carbocycles. The highest BCUT2D eigenvalue weighted by molar-refractivity contribution is 6.46. The summed E-state index contributed by atoms with van der Waals surface area (Å²) in [6.07, 6.45) is 15.9. The average Bonchev–Trinajstić information content (AvgIpc) is 0.752. The Balaban J connectivity index is 0.000000165. The summed E-state index contributed by atoms with van der Waals surface area (Å²) in [5.74, 6) is -11.8. The van der Waals surface area contributed by atoms with Gasteiger partial charge in [0.15, 0.2) is 17.5 Å². The van der Waals surface area contributed by atoms with Crippen molar-refractivity contribution in [3.63, 3.8) is 0 Å². The second-order valence-corrected chi connectivity index (χ2v) is 21.7. The largest absolute Gasteiger partial charge is 0.494 e. The van der Waals surface area contributed by atoms with Crippen molar-refractivity contribution >= 4 is 85.5 Å². The first kappa shape index (κ1) is 45.2. The van der Waals surface area contributed by atoms with Gasteiger partial charge in [-0.3, -0.25) is 43.2 Å². The fraction of sp³-hybridized carbons (Fsp3) is 0.239. The Labute approximate surface area is 624 Å². The molecule has 3 saturated heterocycles. The van der Waals surface area contributed by atoms with Gasteiger partial charge >= 0.3 is 0 Å². The van der Waals surface area contributed by atoms with Gasteiger partial charge in [-0.15, -0.1) is 15.3 Å². The van der Waals surface area contributed by atoms with E-state index in [2.05, 4.69) is 60.8 Å². The van der Waals surface area contributed by atoms with Crippen molar-refractivity contribution in [2.24, 2.45) is 0 Å². The number of Topliss-reactive ketones (excluding diaryl/α,β-unsaturated/α-hetero) is 3. The quantitative estimate of drug-likeness (QED) is 0.0934. The summed E-state index contributed by atoms with van der Waals surface area (Å²) in [4.78, 5) is 144. The molecule has 15 rings (SSSR count). The molecule has 12 aromatic rings. The Hall–Kier alpha value is -13.6. The number of methoxy groups -OCH3 is 3. The number of ketones is 3. The molecule has 3 aliphatic rings. The van der Waals surface area contributed by atoms with E-state index >= 15 is 0 Å². The summed E-state index contributed by atoms with van der Waals surface area (Å²) < 4.78 is 221. The maximum absolute atomic E-state index is 13.8. The highest BCUT2D eigenvalue weighted by atomic mass is 16.5. The Morgan fingerprint density at radius 3 is 1.04 bits per heavy atom. The number of hydrogen-bond acceptors (Lipinski definition) is 21. The second-order valence-electron chi connectivity index (χ2n) is 21.7. The summed E-state index contributed by atoms with van der Waals surface area (Å²) in [7, 11) is 3.91. The Bertz CT molecular complexity index is 6430. The molecule has 33 nitrogen and oxygen atoms in total. The van der Waals surface area contributed by atoms with E-state index in [1.165, 1.54) is 145 Å². The summed E-state index contributed by atoms with van der Waals surface area (Å²) in [5, 5.41) is 23.0. The number of nitrogens with zero attached hydrogens (tertiary/aromatic N) is 18. The highest BCUT2D eigenvalue weighted by Crippen LogP contribution is 2.35. The minimum Gasteiger partial charge on any atom is -0.494 e. The number of aromatic nitrogens is 15. The van der Waals surface area contributed by atoms with Gasteiger partial charge in [-0.2, -0.15) is 0 Å². The third-order valence-corrected chi connectivity index (χ3v) is 15.6. The molecule has 33 heteroatoms. The fourth-order valence-electron chi connectivity index (χ4n) is 10.5. The molecule has 0 saturated carbocycles. The zero-order valence-corrected chi connectivity index (χ0v) is 54.6. The average molecular weight is 1430 g/mol. The molecule has 0 unspecified atom stereocenters. The van der Waals surface area contributed by atoms with Crippen molar-refractivity contribution in [1.29, 1.82) is 0 Å². The zero-order valence-electron chi connectivity index (χ0n) is 78.6. The van der Waals surface area contributed by atoms with Crippen LogP contribution in [-0.2, 0) is 14.4 Å². The Kier molecular flexibility index (Phi) is 13.1. The Morgan fingerprint density at radius 1 is 0.404 bits per heavy atom. The number of ether oxygens (including phenoxy) is 3. The van der Waals surface area contributed by atoms with Crippen LogP contribution in [-0.4, -0.2) is 257 Å². The lowest BCUT2D eigenvalue weighted by molar-refractivity contribution is -0.128. The smallest absolute Gasteiger partial charge is 0.295 e. The van der Waals surface area contributed by atoms with Crippen LogP contribution >= 0.6 is 0 Å². The SMILES string of the molecule is [2H]C1([2H])N(C(=O)C(=O)c2c[nH]c3c(-n4ccnn4)ncc(OC)c23)C([2H])([2H])C([2H])([2H])N(C(=O)c2ccccc2)C1([2H])[2H].[2H]c1c([2H])c(C(=O)N2C([2H])([2H])C([2H])([2H])N(C(=O)C(=O)c3c[nH]c4c(-n5ccnn5)ncc(OC)c34)C([2H])([2H])C2([2H])[2H])c([2H])c([2H])c1C.[2H]c1c([2H])c(C(=O)N2CCN(C(=O)C(=O)c3c[nH]c4c(-n5ccnn5)ncc(OC)c34)CC2)c([2H])c([2H])c1C. The monoisotopic (exact) mass is 1430 g/mol. The normalized spacial score (nSPS) is 21.0. The first-order valence-corrected chi connectivity index (χ1v) is 30.4. The van der Waals surface area contributed by atoms with E-state index in [1.54, 1.807) is 6.20 Å². The van der Waals surface area contributed by atoms with Crippen molar-refractivity contribution in [2.45, 2.75) is 13.8 Å². The van der Waals surface area contributed by atoms with Gasteiger partial charge in [-0.05, 0) is 50.1 Å². The third kappa shape index (κ3) is 13.8. The van der Waals surface area contributed by atoms with Crippen LogP contribution < -0.4 is 14.2 Å². The van der Waals surface area contributed by atoms with Gasteiger partial charge in [0.1, 0.15) is 17.2 Å². The second kappa shape index (κ2) is 30.1. The maximum atomic E-state index is 13.8. The van der Waals surface area contributed by atoms with E-state index in [0.29, 0.717) is 22.5 Å². The van der Waals surface area contributed by atoms with Gasteiger partial charge in [0.05, 0.1) is 159 Å². The van der Waals surface area contributed by atoms with Crippen LogP contribution in [0, 0.1) is 13.8 Å². The van der Waals surface area contributed by atoms with Crippen molar-refractivity contribution in [3.05, 3.63) is 198 Å². The molecule has 6 amide bonds. The number of pyridine rings is 3. The van der Waals surface area contributed by atoms with E-state index in [4.69, 9.17) is 47.1 Å². The molecule has 3 fully saturated rings. The fourth-order valence-corrected chi connectivity index (χ4v) is 10.5. The first-order chi connectivity index (χ1) is 59.9. The number of benzene rings is 3. The summed E-state index contributed by atoms with van der Waals surface area (Å²) >= 11 is 0. The number of carbonyl (C=O) groups is 9. The minimum atomic E-state index is -3.99. The number of rotatable bonds is 15. The predicted octanol–water partition coefficient (Wildman–Crippen LogP) is 4.58. The molecule has 528 valence electrons. The standard InChI is InChI=1S/2C24H23N7O4.C23H21N7O4/c2*1-15-3-5-16(6-4-15)23(33)29-9-11-30(12-10-29)24(34)21(32)17-13-25-20-19(17)18(35-2)14-26-22(20)31-8-7-27-28-31;1-34-17-14-25-21(30-8-7-26-27-30)19-18(17)16(13-24-19)20(31)23(33)29-11-9-28(10-12-29)22(32)15-5-3-2-4-6-15/h2*3-8,13-14,25H,9-12H2,1-2H3;2-8,13-14,24H,9-12H2,1H3/i3D,4D,5D,6D,9D2,10D2,11D2,12D2;3D,4D,5D,6D;9D2,10D2,11D2,12D2. The van der Waals surface area contributed by atoms with Crippen LogP contribution in [0.5, 0.6) is 17.2 Å². The molecule has 3 N–H and O–H groups in total. The lowest BCUT2D eigenvalue weighted by atomic mass is 10.1. The van der Waals surface area contributed by atoms with Crippen LogP contribution in [0.3, 0.4) is 0 Å². The van der Waals surface area contributed by atoms with Gasteiger partial charge in [0.25, 0.3) is 52.8 Å². The van der Waals surface area contributed by atoms with Crippen molar-refractivity contribution < 1.29 is 90.3 Å². The van der Waals surface area contributed by atoms with E-state index in [1.807, 2.05) is 0 Å². The maximum Gasteiger partial charge on any atom is 0.295 e. The van der Waals surface area contributed by atoms with Gasteiger partial charge in [0, 0.05) is 113 Å². The summed E-state index contributed by atoms with van der Waals surface area (Å²) in [6, 6.07) is 1.96. The van der Waals surface area contributed by atoms with Crippen molar-refractivity contribution in [1.82, 2.24) is 104 Å². The number of nitrogens with one attached hydrogen (secondary N) is 3. The summed E-state index contributed by atoms with van der Waals surface area (Å²) in [5.41, 5.74) is -1.95. The van der Waals surface area contributed by atoms with Crippen LogP contribution in [0.4, 0.5) is 0 Å². The lowest BCUT2D eigenvalue weighted by Crippen LogP contribution is -2.52. The first-order valence-electron chi connectivity index (χ1n) is 42.4. The minimum absolute atomic E-state index is 0.00113. The number of amides is 6. The Morgan fingerprint density at radius 2 is 0.712 bits per heavy atom. The van der Waals surface area contributed by atoms with Gasteiger partial charge in [0.2, 0.25) is 0 Å². The van der Waals surface area contributed by atoms with Gasteiger partial charge in [-0.1, -0.05) is 69.1 Å². The molecular formula is C71H67N21O12. The van der Waals surface area contributed by atoms with Crippen molar-refractivity contribution in [2.75, 3.05) is 99.5 Å². The van der Waals surface area contributed by atoms with Crippen LogP contribution in [0.2, 0.25) is 0 Å². The number of H-pyrrole nitrogens is 3. The van der Waals surface area contributed by atoms with Crippen LogP contribution in [0.15, 0.2) is 153 Å². The highest BCUT2D eigenvalue weighted by Gasteiger charge is 2.36. The predicted molar refractivity (Wildman–Crippen MR) is 372 cm³/mol. The molecule has 9 aromatic heterocycles. The number of hydrogen-bond donors (Lipinski definition) is 3.